The third kappa shape index (κ3) is 4.14. The van der Waals surface area contributed by atoms with Crippen LogP contribution >= 0.6 is 35.3 Å². The molecule has 1 aromatic heterocycles. The Morgan fingerprint density at radius 1 is 1.52 bits per heavy atom. The highest BCUT2D eigenvalue weighted by Gasteiger charge is 2.59. The normalized spacial score (nSPS) is 29.8. The van der Waals surface area contributed by atoms with Gasteiger partial charge in [0.15, 0.2) is 5.96 Å². The molecule has 0 spiro atoms. The molecule has 1 saturated heterocycles. The molecular formula is C18H30IN3O2S. The number of nitrogens with one attached hydrogen (secondary N) is 2. The van der Waals surface area contributed by atoms with Gasteiger partial charge >= 0.3 is 0 Å². The van der Waals surface area contributed by atoms with Gasteiger partial charge in [0.2, 0.25) is 0 Å². The number of thiophene rings is 1. The second kappa shape index (κ2) is 8.10. The van der Waals surface area contributed by atoms with E-state index in [1.807, 2.05) is 24.4 Å². The van der Waals surface area contributed by atoms with Crippen LogP contribution in [-0.4, -0.2) is 42.9 Å². The number of guanidine groups is 1. The van der Waals surface area contributed by atoms with Gasteiger partial charge in [-0.1, -0.05) is 19.9 Å². The Kier molecular flexibility index (Phi) is 6.78. The molecule has 0 amide bonds. The van der Waals surface area contributed by atoms with Crippen LogP contribution in [0.1, 0.15) is 39.0 Å². The van der Waals surface area contributed by atoms with Crippen molar-refractivity contribution < 1.29 is 9.84 Å². The van der Waals surface area contributed by atoms with Crippen molar-refractivity contribution in [1.82, 2.24) is 10.6 Å². The van der Waals surface area contributed by atoms with E-state index in [1.54, 1.807) is 11.3 Å². The minimum atomic E-state index is -0.940. The van der Waals surface area contributed by atoms with Crippen LogP contribution < -0.4 is 10.6 Å². The van der Waals surface area contributed by atoms with Gasteiger partial charge in [-0.2, -0.15) is 0 Å². The Morgan fingerprint density at radius 3 is 2.92 bits per heavy atom. The fraction of sp³-hybridized carbons (Fsp3) is 0.722. The molecule has 0 bridgehead atoms. The standard InChI is InChI=1S/C18H29N3O2S.HI/c1-5-19-16(20-11-18(4,22)13-7-6-10-24-13)21-14-12-8-9-23-15(12)17(14,2)3;/h6-7,10,12,14-15,22H,5,8-9,11H2,1-4H3,(H2,19,20,21);1H. The van der Waals surface area contributed by atoms with Gasteiger partial charge < -0.3 is 20.5 Å². The van der Waals surface area contributed by atoms with Crippen molar-refractivity contribution >= 4 is 41.3 Å². The van der Waals surface area contributed by atoms with E-state index >= 15 is 0 Å². The first-order chi connectivity index (χ1) is 11.4. The maximum Gasteiger partial charge on any atom is 0.191 e. The molecule has 2 aliphatic rings. The highest BCUT2D eigenvalue weighted by molar-refractivity contribution is 14.0. The summed E-state index contributed by atoms with van der Waals surface area (Å²) in [6, 6.07) is 4.27. The SMILES string of the molecule is CCNC(=NCC(C)(O)c1cccs1)NC1C2CCOC2C1(C)C.I. The quantitative estimate of drug-likeness (QED) is 0.345. The van der Waals surface area contributed by atoms with Gasteiger partial charge in [-0.25, -0.2) is 4.99 Å². The Balaban J connectivity index is 0.00000225. The Bertz CT molecular complexity index is 589. The van der Waals surface area contributed by atoms with Crippen LogP contribution in [0, 0.1) is 11.3 Å². The molecule has 142 valence electrons. The van der Waals surface area contributed by atoms with Crippen molar-refractivity contribution in [1.29, 1.82) is 0 Å². The summed E-state index contributed by atoms with van der Waals surface area (Å²) in [7, 11) is 0. The van der Waals surface area contributed by atoms with Crippen molar-refractivity contribution in [3.05, 3.63) is 22.4 Å². The van der Waals surface area contributed by atoms with Gasteiger partial charge in [-0.05, 0) is 31.7 Å². The number of nitrogens with zero attached hydrogens (tertiary/aromatic N) is 1. The molecule has 3 N–H and O–H groups in total. The van der Waals surface area contributed by atoms with E-state index in [0.717, 1.165) is 30.4 Å². The number of hydrogen-bond donors (Lipinski definition) is 3. The van der Waals surface area contributed by atoms with E-state index in [0.29, 0.717) is 24.6 Å². The van der Waals surface area contributed by atoms with Crippen molar-refractivity contribution in [2.75, 3.05) is 19.7 Å². The van der Waals surface area contributed by atoms with Crippen molar-refractivity contribution in [2.24, 2.45) is 16.3 Å². The third-order valence-corrected chi connectivity index (χ3v) is 6.46. The molecule has 7 heteroatoms. The van der Waals surface area contributed by atoms with Crippen molar-refractivity contribution in [3.8, 4) is 0 Å². The zero-order chi connectivity index (χ0) is 17.4. The average molecular weight is 479 g/mol. The lowest BCUT2D eigenvalue weighted by atomic mass is 9.57. The number of aliphatic hydroxyl groups is 1. The van der Waals surface area contributed by atoms with Gasteiger partial charge in [0.05, 0.1) is 12.6 Å². The summed E-state index contributed by atoms with van der Waals surface area (Å²) >= 11 is 1.56. The van der Waals surface area contributed by atoms with Crippen LogP contribution in [0.15, 0.2) is 22.5 Å². The number of fused-ring (bicyclic) bond motifs is 1. The Labute approximate surface area is 171 Å². The summed E-state index contributed by atoms with van der Waals surface area (Å²) in [6.45, 7) is 10.4. The number of hydrogen-bond acceptors (Lipinski definition) is 4. The predicted octanol–water partition coefficient (Wildman–Crippen LogP) is 2.94. The number of ether oxygens (including phenoxy) is 1. The topological polar surface area (TPSA) is 65.9 Å². The zero-order valence-electron chi connectivity index (χ0n) is 15.4. The molecule has 5 nitrogen and oxygen atoms in total. The summed E-state index contributed by atoms with van der Waals surface area (Å²) in [5.41, 5.74) is -0.835. The molecule has 2 fully saturated rings. The molecule has 25 heavy (non-hydrogen) atoms. The van der Waals surface area contributed by atoms with Crippen LogP contribution in [0.25, 0.3) is 0 Å². The monoisotopic (exact) mass is 479 g/mol. The number of halogens is 1. The van der Waals surface area contributed by atoms with Crippen molar-refractivity contribution in [2.45, 2.75) is 51.9 Å². The van der Waals surface area contributed by atoms with Gasteiger partial charge in [0.1, 0.15) is 5.60 Å². The number of rotatable bonds is 5. The first-order valence-electron chi connectivity index (χ1n) is 8.79. The molecule has 3 rings (SSSR count). The van der Waals surface area contributed by atoms with E-state index in [9.17, 15) is 5.11 Å². The summed E-state index contributed by atoms with van der Waals surface area (Å²) < 4.78 is 5.86. The molecule has 4 unspecified atom stereocenters. The number of aliphatic imine (C=N–C) groups is 1. The van der Waals surface area contributed by atoms with E-state index in [-0.39, 0.29) is 29.4 Å². The first-order valence-corrected chi connectivity index (χ1v) is 9.67. The molecular weight excluding hydrogens is 449 g/mol. The van der Waals surface area contributed by atoms with Crippen LogP contribution in [-0.2, 0) is 10.3 Å². The summed E-state index contributed by atoms with van der Waals surface area (Å²) in [4.78, 5) is 5.59. The minimum Gasteiger partial charge on any atom is -0.383 e. The van der Waals surface area contributed by atoms with Crippen LogP contribution in [0.3, 0.4) is 0 Å². The second-order valence-corrected chi connectivity index (χ2v) is 8.58. The van der Waals surface area contributed by atoms with E-state index in [1.165, 1.54) is 0 Å². The Hall–Kier alpha value is -0.380. The predicted molar refractivity (Wildman–Crippen MR) is 114 cm³/mol. The third-order valence-electron chi connectivity index (χ3n) is 5.33. The summed E-state index contributed by atoms with van der Waals surface area (Å²) in [5, 5.41) is 19.6. The maximum absolute atomic E-state index is 10.7. The lowest BCUT2D eigenvalue weighted by Crippen LogP contribution is -2.68. The smallest absolute Gasteiger partial charge is 0.191 e. The van der Waals surface area contributed by atoms with E-state index in [2.05, 4.69) is 36.4 Å². The second-order valence-electron chi connectivity index (χ2n) is 7.63. The average Bonchev–Trinajstić information content (AvgIpc) is 3.19. The fourth-order valence-electron chi connectivity index (χ4n) is 3.98. The molecule has 2 heterocycles. The largest absolute Gasteiger partial charge is 0.383 e. The lowest BCUT2D eigenvalue weighted by molar-refractivity contribution is -0.106. The fourth-order valence-corrected chi connectivity index (χ4v) is 4.76. The van der Waals surface area contributed by atoms with Crippen LogP contribution in [0.4, 0.5) is 0 Å². The molecule has 1 aliphatic heterocycles. The highest BCUT2D eigenvalue weighted by Crippen LogP contribution is 2.52. The molecule has 1 aliphatic carbocycles. The zero-order valence-corrected chi connectivity index (χ0v) is 18.6. The summed E-state index contributed by atoms with van der Waals surface area (Å²) in [5.74, 6) is 1.33. The lowest BCUT2D eigenvalue weighted by Gasteiger charge is -2.55. The van der Waals surface area contributed by atoms with Crippen LogP contribution in [0.2, 0.25) is 0 Å². The van der Waals surface area contributed by atoms with Gasteiger partial charge in [0.25, 0.3) is 0 Å². The Morgan fingerprint density at radius 2 is 2.28 bits per heavy atom. The van der Waals surface area contributed by atoms with E-state index in [4.69, 9.17) is 4.74 Å². The van der Waals surface area contributed by atoms with Crippen molar-refractivity contribution in [3.63, 3.8) is 0 Å². The molecule has 0 radical (unpaired) electrons. The molecule has 4 atom stereocenters. The molecule has 1 saturated carbocycles. The first kappa shape index (κ1) is 20.9. The van der Waals surface area contributed by atoms with Gasteiger partial charge in [0, 0.05) is 35.4 Å². The molecule has 0 aromatic carbocycles. The van der Waals surface area contributed by atoms with E-state index < -0.39 is 5.60 Å². The van der Waals surface area contributed by atoms with Crippen LogP contribution in [0.5, 0.6) is 0 Å². The van der Waals surface area contributed by atoms with Gasteiger partial charge in [-0.15, -0.1) is 35.3 Å². The molecule has 1 aromatic rings. The highest BCUT2D eigenvalue weighted by atomic mass is 127. The maximum atomic E-state index is 10.7. The summed E-state index contributed by atoms with van der Waals surface area (Å²) in [6.07, 6.45) is 1.46. The minimum absolute atomic E-state index is 0. The van der Waals surface area contributed by atoms with Gasteiger partial charge in [-0.3, -0.25) is 0 Å².